The summed E-state index contributed by atoms with van der Waals surface area (Å²) in [6.45, 7) is 0. The first kappa shape index (κ1) is 12.9. The van der Waals surface area contributed by atoms with Gasteiger partial charge in [0.2, 0.25) is 10.0 Å². The molecule has 8 heteroatoms. The fraction of sp³-hybridized carbons (Fsp3) is 0.250. The number of aryl methyl sites for hydroxylation is 1. The van der Waals surface area contributed by atoms with Crippen molar-refractivity contribution in [2.45, 2.75) is 11.3 Å². The highest BCUT2D eigenvalue weighted by atomic mass is 35.5. The van der Waals surface area contributed by atoms with Crippen molar-refractivity contribution >= 4 is 27.3 Å². The average molecular weight is 265 g/mol. The number of hydrogen-bond acceptors (Lipinski definition) is 4. The standard InChI is InChI=1S/C8H9ClN2O4S/c9-4-3-6-1-2-7(16(10,14)15)5-8(6)11(12)13/h1-2,5H,3-4H2,(H2,10,14,15). The minimum atomic E-state index is -3.93. The van der Waals surface area contributed by atoms with Crippen LogP contribution in [0.4, 0.5) is 5.69 Å². The van der Waals surface area contributed by atoms with E-state index in [1.54, 1.807) is 0 Å². The van der Waals surface area contributed by atoms with Crippen LogP contribution in [0.1, 0.15) is 5.56 Å². The summed E-state index contributed by atoms with van der Waals surface area (Å²) in [5.41, 5.74) is 0.0968. The highest BCUT2D eigenvalue weighted by Crippen LogP contribution is 2.23. The number of sulfonamides is 1. The van der Waals surface area contributed by atoms with Crippen LogP contribution in [0.5, 0.6) is 0 Å². The molecular formula is C8H9ClN2O4S. The molecule has 0 atom stereocenters. The van der Waals surface area contributed by atoms with Gasteiger partial charge in [-0.2, -0.15) is 0 Å². The molecule has 0 bridgehead atoms. The third-order valence-corrected chi connectivity index (χ3v) is 3.05. The van der Waals surface area contributed by atoms with E-state index in [1.807, 2.05) is 0 Å². The lowest BCUT2D eigenvalue weighted by Crippen LogP contribution is -2.12. The number of nitrogens with two attached hydrogens (primary N) is 1. The Bertz CT molecular complexity index is 515. The van der Waals surface area contributed by atoms with Gasteiger partial charge in [-0.15, -0.1) is 11.6 Å². The molecule has 0 aliphatic heterocycles. The van der Waals surface area contributed by atoms with Gasteiger partial charge in [-0.05, 0) is 12.5 Å². The fourth-order valence-corrected chi connectivity index (χ4v) is 1.94. The second kappa shape index (κ2) is 4.77. The molecule has 0 unspecified atom stereocenters. The molecule has 2 N–H and O–H groups in total. The van der Waals surface area contributed by atoms with Gasteiger partial charge in [0.1, 0.15) is 0 Å². The van der Waals surface area contributed by atoms with Gasteiger partial charge in [-0.3, -0.25) is 10.1 Å². The molecule has 0 heterocycles. The second-order valence-electron chi connectivity index (χ2n) is 3.03. The Morgan fingerprint density at radius 3 is 2.50 bits per heavy atom. The molecule has 1 aromatic carbocycles. The number of primary sulfonamides is 1. The summed E-state index contributed by atoms with van der Waals surface area (Å²) in [5, 5.41) is 15.6. The molecule has 0 aromatic heterocycles. The number of nitro groups is 1. The van der Waals surface area contributed by atoms with Crippen LogP contribution in [-0.2, 0) is 16.4 Å². The lowest BCUT2D eigenvalue weighted by molar-refractivity contribution is -0.385. The summed E-state index contributed by atoms with van der Waals surface area (Å²) < 4.78 is 22.0. The van der Waals surface area contributed by atoms with E-state index in [1.165, 1.54) is 12.1 Å². The molecule has 16 heavy (non-hydrogen) atoms. The van der Waals surface area contributed by atoms with E-state index in [4.69, 9.17) is 16.7 Å². The van der Waals surface area contributed by atoms with Crippen molar-refractivity contribution in [3.63, 3.8) is 0 Å². The maximum atomic E-state index is 11.0. The molecule has 0 saturated heterocycles. The molecule has 0 aliphatic rings. The van der Waals surface area contributed by atoms with Crippen LogP contribution in [-0.4, -0.2) is 19.2 Å². The first-order chi connectivity index (χ1) is 7.36. The smallest absolute Gasteiger partial charge is 0.258 e. The maximum absolute atomic E-state index is 11.0. The molecule has 1 rings (SSSR count). The minimum Gasteiger partial charge on any atom is -0.258 e. The van der Waals surface area contributed by atoms with E-state index < -0.39 is 14.9 Å². The number of benzene rings is 1. The number of rotatable bonds is 4. The summed E-state index contributed by atoms with van der Waals surface area (Å²) >= 11 is 5.48. The fourth-order valence-electron chi connectivity index (χ4n) is 1.20. The third kappa shape index (κ3) is 2.91. The molecule has 0 saturated carbocycles. The van der Waals surface area contributed by atoms with Gasteiger partial charge in [-0.25, -0.2) is 13.6 Å². The van der Waals surface area contributed by atoms with E-state index in [-0.39, 0.29) is 16.5 Å². The Kier molecular flexibility index (Phi) is 3.84. The van der Waals surface area contributed by atoms with Crippen LogP contribution in [0.3, 0.4) is 0 Å². The summed E-state index contributed by atoms with van der Waals surface area (Å²) in [5.74, 6) is 0.218. The van der Waals surface area contributed by atoms with Crippen LogP contribution in [0.2, 0.25) is 0 Å². The zero-order valence-electron chi connectivity index (χ0n) is 8.09. The summed E-state index contributed by atoms with van der Waals surface area (Å²) in [6.07, 6.45) is 0.294. The second-order valence-corrected chi connectivity index (χ2v) is 4.97. The summed E-state index contributed by atoms with van der Waals surface area (Å²) in [7, 11) is -3.93. The van der Waals surface area contributed by atoms with Crippen LogP contribution in [0.15, 0.2) is 23.1 Å². The van der Waals surface area contributed by atoms with Gasteiger partial charge in [0.05, 0.1) is 9.82 Å². The molecular weight excluding hydrogens is 256 g/mol. The number of alkyl halides is 1. The lowest BCUT2D eigenvalue weighted by Gasteiger charge is -2.03. The lowest BCUT2D eigenvalue weighted by atomic mass is 10.1. The molecule has 0 radical (unpaired) electrons. The average Bonchev–Trinajstić information content (AvgIpc) is 2.16. The summed E-state index contributed by atoms with van der Waals surface area (Å²) in [6, 6.07) is 3.52. The Balaban J connectivity index is 3.34. The van der Waals surface area contributed by atoms with Gasteiger partial charge >= 0.3 is 0 Å². The van der Waals surface area contributed by atoms with Crippen LogP contribution in [0.25, 0.3) is 0 Å². The largest absolute Gasteiger partial charge is 0.273 e. The zero-order chi connectivity index (χ0) is 12.3. The monoisotopic (exact) mass is 264 g/mol. The third-order valence-electron chi connectivity index (χ3n) is 1.95. The van der Waals surface area contributed by atoms with E-state index in [2.05, 4.69) is 0 Å². The molecule has 6 nitrogen and oxygen atoms in total. The molecule has 1 aromatic rings. The highest BCUT2D eigenvalue weighted by molar-refractivity contribution is 7.89. The van der Waals surface area contributed by atoms with E-state index in [9.17, 15) is 18.5 Å². The van der Waals surface area contributed by atoms with Crippen molar-refractivity contribution in [2.75, 3.05) is 5.88 Å². The van der Waals surface area contributed by atoms with Crippen molar-refractivity contribution in [3.8, 4) is 0 Å². The number of halogens is 1. The number of nitrogens with zero attached hydrogens (tertiary/aromatic N) is 1. The number of hydrogen-bond donors (Lipinski definition) is 1. The van der Waals surface area contributed by atoms with Crippen molar-refractivity contribution in [1.29, 1.82) is 0 Å². The predicted molar refractivity (Wildman–Crippen MR) is 58.9 cm³/mol. The molecule has 0 spiro atoms. The quantitative estimate of drug-likeness (QED) is 0.498. The molecule has 0 amide bonds. The Labute approximate surface area is 97.2 Å². The van der Waals surface area contributed by atoms with Crippen LogP contribution >= 0.6 is 11.6 Å². The van der Waals surface area contributed by atoms with Crippen molar-refractivity contribution in [2.24, 2.45) is 5.14 Å². The normalized spacial score (nSPS) is 11.4. The van der Waals surface area contributed by atoms with Crippen molar-refractivity contribution in [3.05, 3.63) is 33.9 Å². The van der Waals surface area contributed by atoms with Gasteiger partial charge in [0, 0.05) is 17.5 Å². The van der Waals surface area contributed by atoms with E-state index in [0.29, 0.717) is 12.0 Å². The minimum absolute atomic E-state index is 0.218. The maximum Gasteiger partial charge on any atom is 0.273 e. The van der Waals surface area contributed by atoms with E-state index in [0.717, 1.165) is 6.07 Å². The first-order valence-corrected chi connectivity index (χ1v) is 6.30. The Hall–Kier alpha value is -1.18. The Morgan fingerprint density at radius 2 is 2.06 bits per heavy atom. The van der Waals surface area contributed by atoms with Crippen LogP contribution < -0.4 is 5.14 Å². The number of nitro benzene ring substituents is 1. The van der Waals surface area contributed by atoms with Gasteiger partial charge < -0.3 is 0 Å². The van der Waals surface area contributed by atoms with Gasteiger partial charge in [-0.1, -0.05) is 6.07 Å². The van der Waals surface area contributed by atoms with Crippen molar-refractivity contribution < 1.29 is 13.3 Å². The SMILES string of the molecule is NS(=O)(=O)c1ccc(CCCl)c([N+](=O)[O-])c1. The van der Waals surface area contributed by atoms with E-state index >= 15 is 0 Å². The highest BCUT2D eigenvalue weighted by Gasteiger charge is 2.18. The van der Waals surface area contributed by atoms with Gasteiger partial charge in [0.25, 0.3) is 5.69 Å². The predicted octanol–water partition coefficient (Wildman–Crippen LogP) is 1.02. The van der Waals surface area contributed by atoms with Gasteiger partial charge in [0.15, 0.2) is 0 Å². The molecule has 0 aliphatic carbocycles. The molecule has 0 fully saturated rings. The first-order valence-electron chi connectivity index (χ1n) is 4.22. The Morgan fingerprint density at radius 1 is 1.44 bits per heavy atom. The zero-order valence-corrected chi connectivity index (χ0v) is 9.66. The topological polar surface area (TPSA) is 103 Å². The summed E-state index contributed by atoms with van der Waals surface area (Å²) in [4.78, 5) is 9.77. The molecule has 88 valence electrons. The van der Waals surface area contributed by atoms with Crippen LogP contribution in [0, 0.1) is 10.1 Å². The van der Waals surface area contributed by atoms with Crippen molar-refractivity contribution in [1.82, 2.24) is 0 Å².